The van der Waals surface area contributed by atoms with Crippen molar-refractivity contribution in [1.29, 1.82) is 0 Å². The van der Waals surface area contributed by atoms with E-state index in [1.165, 1.54) is 12.1 Å². The molecule has 1 aliphatic heterocycles. The molecule has 0 N–H and O–H groups in total. The summed E-state index contributed by atoms with van der Waals surface area (Å²) < 4.78 is 57.0. The maximum absolute atomic E-state index is 16.4. The molecular weight excluding hydrogens is 588 g/mol. The van der Waals surface area contributed by atoms with Crippen LogP contribution in [-0.2, 0) is 16.0 Å². The van der Waals surface area contributed by atoms with Crippen LogP contribution in [0.15, 0.2) is 146 Å². The lowest BCUT2D eigenvalue weighted by atomic mass is 10.0. The Morgan fingerprint density at radius 1 is 0.578 bits per heavy atom. The quantitative estimate of drug-likeness (QED) is 0.143. The highest BCUT2D eigenvalue weighted by Gasteiger charge is 2.55. The van der Waals surface area contributed by atoms with Crippen molar-refractivity contribution in [2.45, 2.75) is 11.5 Å². The average molecular weight is 621 g/mol. The standard InChI is InChI=1S/C38H32F3N2OP/c39-38(40,41)33-18-13-19-34(30-33)42-26-28-43(29-27-42)37(32-16-7-2-8-17-32,25-24-31-14-5-1-6-15-31)45(44,35-20-9-3-10-21-35)36-22-11-4-12-23-36/h1-23,30H,26-29H2. The third-order valence-electron chi connectivity index (χ3n) is 8.30. The van der Waals surface area contributed by atoms with Crippen molar-refractivity contribution >= 4 is 23.4 Å². The number of hydrogen-bond acceptors (Lipinski definition) is 3. The number of halogens is 3. The van der Waals surface area contributed by atoms with Crippen molar-refractivity contribution < 1.29 is 17.7 Å². The molecule has 1 atom stereocenters. The molecule has 0 saturated carbocycles. The van der Waals surface area contributed by atoms with Crippen molar-refractivity contribution in [3.8, 4) is 11.8 Å². The Kier molecular flexibility index (Phi) is 8.67. The smallest absolute Gasteiger partial charge is 0.369 e. The van der Waals surface area contributed by atoms with Gasteiger partial charge in [-0.25, -0.2) is 0 Å². The van der Waals surface area contributed by atoms with Gasteiger partial charge in [-0.1, -0.05) is 127 Å². The van der Waals surface area contributed by atoms with Crippen LogP contribution in [0, 0.1) is 11.8 Å². The first kappa shape index (κ1) is 30.5. The van der Waals surface area contributed by atoms with Crippen molar-refractivity contribution in [2.75, 3.05) is 31.1 Å². The molecule has 5 aromatic carbocycles. The molecule has 0 radical (unpaired) electrons. The van der Waals surface area contributed by atoms with Crippen LogP contribution >= 0.6 is 7.14 Å². The zero-order valence-electron chi connectivity index (χ0n) is 24.6. The number of rotatable bonds is 6. The first-order valence-electron chi connectivity index (χ1n) is 14.8. The minimum absolute atomic E-state index is 0.429. The molecule has 3 nitrogen and oxygen atoms in total. The van der Waals surface area contributed by atoms with Crippen LogP contribution in [0.25, 0.3) is 0 Å². The van der Waals surface area contributed by atoms with E-state index in [9.17, 15) is 13.2 Å². The second-order valence-electron chi connectivity index (χ2n) is 11.0. The number of anilines is 1. The molecule has 0 bridgehead atoms. The average Bonchev–Trinajstić information content (AvgIpc) is 3.10. The Hall–Kier alpha value is -4.56. The molecular formula is C38H32F3N2OP. The molecule has 7 heteroatoms. The van der Waals surface area contributed by atoms with Gasteiger partial charge in [-0.2, -0.15) is 13.2 Å². The normalized spacial score (nSPS) is 15.5. The van der Waals surface area contributed by atoms with Gasteiger partial charge in [0, 0.05) is 48.0 Å². The van der Waals surface area contributed by atoms with Gasteiger partial charge in [0.15, 0.2) is 12.4 Å². The Morgan fingerprint density at radius 2 is 1.07 bits per heavy atom. The summed E-state index contributed by atoms with van der Waals surface area (Å²) >= 11 is 0. The lowest BCUT2D eigenvalue weighted by molar-refractivity contribution is -0.137. The van der Waals surface area contributed by atoms with Crippen molar-refractivity contribution in [1.82, 2.24) is 4.90 Å². The topological polar surface area (TPSA) is 23.6 Å². The lowest BCUT2D eigenvalue weighted by Gasteiger charge is -2.49. The highest BCUT2D eigenvalue weighted by atomic mass is 31.2. The molecule has 1 aliphatic rings. The molecule has 1 unspecified atom stereocenters. The van der Waals surface area contributed by atoms with Crippen molar-refractivity contribution in [3.05, 3.63) is 162 Å². The zero-order valence-corrected chi connectivity index (χ0v) is 25.5. The van der Waals surface area contributed by atoms with E-state index in [0.29, 0.717) is 42.5 Å². The van der Waals surface area contributed by atoms with Gasteiger partial charge < -0.3 is 9.46 Å². The van der Waals surface area contributed by atoms with Gasteiger partial charge in [0.1, 0.15) is 0 Å². The van der Waals surface area contributed by atoms with E-state index in [1.807, 2.05) is 126 Å². The number of alkyl halides is 3. The fourth-order valence-corrected chi connectivity index (χ4v) is 9.66. The highest BCUT2D eigenvalue weighted by molar-refractivity contribution is 7.79. The molecule has 0 spiro atoms. The first-order chi connectivity index (χ1) is 21.8. The summed E-state index contributed by atoms with van der Waals surface area (Å²) in [5, 5.41) is 0.0811. The second-order valence-corrected chi connectivity index (χ2v) is 13.9. The van der Waals surface area contributed by atoms with E-state index in [1.54, 1.807) is 6.07 Å². The number of piperazine rings is 1. The van der Waals surface area contributed by atoms with Gasteiger partial charge in [-0.05, 0) is 35.9 Å². The number of benzene rings is 5. The molecule has 1 fully saturated rings. The van der Waals surface area contributed by atoms with Gasteiger partial charge in [0.05, 0.1) is 5.56 Å². The molecule has 0 aliphatic carbocycles. The van der Waals surface area contributed by atoms with Gasteiger partial charge >= 0.3 is 6.18 Å². The summed E-state index contributed by atoms with van der Waals surface area (Å²) in [6.07, 6.45) is -4.43. The summed E-state index contributed by atoms with van der Waals surface area (Å²) in [6.45, 7) is 1.73. The summed E-state index contributed by atoms with van der Waals surface area (Å²) in [5.74, 6) is 6.99. The van der Waals surface area contributed by atoms with E-state index in [-0.39, 0.29) is 0 Å². The fourth-order valence-electron chi connectivity index (χ4n) is 6.11. The van der Waals surface area contributed by atoms with Gasteiger partial charge in [0.25, 0.3) is 0 Å². The predicted molar refractivity (Wildman–Crippen MR) is 176 cm³/mol. The Bertz CT molecular complexity index is 1790. The fraction of sp³-hybridized carbons (Fsp3) is 0.158. The van der Waals surface area contributed by atoms with E-state index < -0.39 is 24.2 Å². The van der Waals surface area contributed by atoms with Gasteiger partial charge in [-0.15, -0.1) is 0 Å². The second kappa shape index (κ2) is 12.8. The van der Waals surface area contributed by atoms with Crippen molar-refractivity contribution in [2.24, 2.45) is 0 Å². The predicted octanol–water partition coefficient (Wildman–Crippen LogP) is 7.75. The summed E-state index contributed by atoms with van der Waals surface area (Å²) in [4.78, 5) is 4.14. The SMILES string of the molecule is O=P(c1ccccc1)(c1ccccc1)C(C#Cc1ccccc1)(c1ccccc1)N1CCN(c2cccc(C(F)(F)F)c2)CC1. The Labute approximate surface area is 262 Å². The van der Waals surface area contributed by atoms with Crippen LogP contribution in [0.5, 0.6) is 0 Å². The van der Waals surface area contributed by atoms with Crippen LogP contribution in [0.2, 0.25) is 0 Å². The first-order valence-corrected chi connectivity index (χ1v) is 16.6. The van der Waals surface area contributed by atoms with E-state index in [0.717, 1.165) is 17.2 Å². The maximum atomic E-state index is 16.4. The largest absolute Gasteiger partial charge is 0.416 e. The summed E-state index contributed by atoms with van der Waals surface area (Å²) in [6, 6.07) is 43.9. The number of hydrogen-bond donors (Lipinski definition) is 0. The van der Waals surface area contributed by atoms with Gasteiger partial charge in [0.2, 0.25) is 0 Å². The minimum Gasteiger partial charge on any atom is -0.369 e. The van der Waals surface area contributed by atoms with Crippen LogP contribution < -0.4 is 15.5 Å². The van der Waals surface area contributed by atoms with E-state index in [4.69, 9.17) is 0 Å². The molecule has 1 heterocycles. The van der Waals surface area contributed by atoms with Crippen molar-refractivity contribution in [3.63, 3.8) is 0 Å². The Balaban J connectivity index is 1.54. The lowest BCUT2D eigenvalue weighted by Crippen LogP contribution is -2.57. The molecule has 0 amide bonds. The molecule has 5 aromatic rings. The van der Waals surface area contributed by atoms with Crippen LogP contribution in [0.3, 0.4) is 0 Å². The van der Waals surface area contributed by atoms with Crippen LogP contribution in [0.4, 0.5) is 18.9 Å². The third-order valence-corrected chi connectivity index (χ3v) is 11.9. The van der Waals surface area contributed by atoms with E-state index in [2.05, 4.69) is 16.7 Å². The molecule has 0 aromatic heterocycles. The van der Waals surface area contributed by atoms with Crippen LogP contribution in [-0.4, -0.2) is 31.1 Å². The third kappa shape index (κ3) is 5.94. The summed E-state index contributed by atoms with van der Waals surface area (Å²) in [5.41, 5.74) is 1.44. The molecule has 45 heavy (non-hydrogen) atoms. The highest BCUT2D eigenvalue weighted by Crippen LogP contribution is 2.63. The molecule has 1 saturated heterocycles. The molecule has 226 valence electrons. The zero-order chi connectivity index (χ0) is 31.3. The van der Waals surface area contributed by atoms with Crippen LogP contribution in [0.1, 0.15) is 16.7 Å². The Morgan fingerprint density at radius 3 is 1.60 bits per heavy atom. The molecule has 6 rings (SSSR count). The maximum Gasteiger partial charge on any atom is 0.416 e. The van der Waals surface area contributed by atoms with E-state index >= 15 is 4.57 Å². The van der Waals surface area contributed by atoms with Gasteiger partial charge in [-0.3, -0.25) is 4.90 Å². The minimum atomic E-state index is -4.43. The summed E-state index contributed by atoms with van der Waals surface area (Å²) in [7, 11) is -3.63. The monoisotopic (exact) mass is 620 g/mol. The number of nitrogens with zero attached hydrogens (tertiary/aromatic N) is 2.